The van der Waals surface area contributed by atoms with Gasteiger partial charge >= 0.3 is 0 Å². The third kappa shape index (κ3) is 3.69. The van der Waals surface area contributed by atoms with Crippen LogP contribution < -0.4 is 18.9 Å². The molecule has 0 N–H and O–H groups in total. The van der Waals surface area contributed by atoms with Gasteiger partial charge in [-0.15, -0.1) is 0 Å². The second kappa shape index (κ2) is 8.93. The number of pyridine rings is 2. The number of rotatable bonds is 7. The molecule has 32 heavy (non-hydrogen) atoms. The Bertz CT molecular complexity index is 1260. The van der Waals surface area contributed by atoms with E-state index in [-0.39, 0.29) is 5.78 Å². The summed E-state index contributed by atoms with van der Waals surface area (Å²) in [4.78, 5) is 22.0. The number of nitrogens with zero attached hydrogens (tertiary/aromatic N) is 2. The fourth-order valence-electron chi connectivity index (χ4n) is 3.66. The molecular formula is C25H22N2O5. The zero-order valence-corrected chi connectivity index (χ0v) is 18.2. The van der Waals surface area contributed by atoms with E-state index in [1.54, 1.807) is 37.7 Å². The molecule has 0 saturated carbocycles. The summed E-state index contributed by atoms with van der Waals surface area (Å²) in [6.07, 6.45) is 3.45. The van der Waals surface area contributed by atoms with Gasteiger partial charge in [-0.25, -0.2) is 4.98 Å². The highest BCUT2D eigenvalue weighted by Crippen LogP contribution is 2.39. The first-order valence-corrected chi connectivity index (χ1v) is 9.84. The highest BCUT2D eigenvalue weighted by Gasteiger charge is 2.20. The topological polar surface area (TPSA) is 79.8 Å². The van der Waals surface area contributed by atoms with E-state index in [0.29, 0.717) is 39.8 Å². The van der Waals surface area contributed by atoms with Crippen LogP contribution in [-0.4, -0.2) is 44.2 Å². The maximum Gasteiger partial charge on any atom is 0.211 e. The third-order valence-electron chi connectivity index (χ3n) is 5.18. The molecule has 2 heterocycles. The highest BCUT2D eigenvalue weighted by atomic mass is 16.5. The Kier molecular flexibility index (Phi) is 5.89. The smallest absolute Gasteiger partial charge is 0.211 e. The van der Waals surface area contributed by atoms with Gasteiger partial charge in [0.05, 0.1) is 34.0 Å². The van der Waals surface area contributed by atoms with Crippen molar-refractivity contribution in [1.29, 1.82) is 0 Å². The molecule has 0 radical (unpaired) electrons. The van der Waals surface area contributed by atoms with Gasteiger partial charge in [0.2, 0.25) is 11.5 Å². The van der Waals surface area contributed by atoms with Gasteiger partial charge in [0.15, 0.2) is 11.5 Å². The standard InChI is InChI=1S/C25H22N2O5/c1-29-20-8-7-18-17(23(20)15-9-11-26-12-10-15)5-6-19(27-18)24(28)16-13-21(30-2)25(32-4)22(14-16)31-3/h5-14H,1-4H3. The lowest BCUT2D eigenvalue weighted by molar-refractivity contribution is 0.103. The summed E-state index contributed by atoms with van der Waals surface area (Å²) in [5.41, 5.74) is 3.21. The average Bonchev–Trinajstić information content (AvgIpc) is 2.86. The number of hydrogen-bond donors (Lipinski definition) is 0. The number of aromatic nitrogens is 2. The van der Waals surface area contributed by atoms with Crippen molar-refractivity contribution >= 4 is 16.7 Å². The second-order valence-corrected chi connectivity index (χ2v) is 6.89. The van der Waals surface area contributed by atoms with Crippen LogP contribution in [0.5, 0.6) is 23.0 Å². The molecule has 0 unspecified atom stereocenters. The number of benzene rings is 2. The van der Waals surface area contributed by atoms with E-state index in [4.69, 9.17) is 18.9 Å². The summed E-state index contributed by atoms with van der Waals surface area (Å²) < 4.78 is 21.7. The molecule has 2 aromatic carbocycles. The summed E-state index contributed by atoms with van der Waals surface area (Å²) in [7, 11) is 6.16. The quantitative estimate of drug-likeness (QED) is 0.398. The summed E-state index contributed by atoms with van der Waals surface area (Å²) in [5.74, 6) is 1.69. The van der Waals surface area contributed by atoms with Crippen molar-refractivity contribution in [1.82, 2.24) is 9.97 Å². The van der Waals surface area contributed by atoms with Crippen LogP contribution in [0.3, 0.4) is 0 Å². The molecule has 0 bridgehead atoms. The highest BCUT2D eigenvalue weighted by molar-refractivity contribution is 6.10. The molecule has 7 heteroatoms. The molecule has 0 saturated heterocycles. The molecule has 0 aliphatic carbocycles. The molecule has 0 amide bonds. The Morgan fingerprint density at radius 2 is 1.41 bits per heavy atom. The van der Waals surface area contributed by atoms with Gasteiger partial charge in [0.25, 0.3) is 0 Å². The number of ketones is 1. The van der Waals surface area contributed by atoms with Gasteiger partial charge in [-0.3, -0.25) is 9.78 Å². The maximum absolute atomic E-state index is 13.3. The van der Waals surface area contributed by atoms with Gasteiger partial charge in [0.1, 0.15) is 11.4 Å². The minimum Gasteiger partial charge on any atom is -0.496 e. The lowest BCUT2D eigenvalue weighted by atomic mass is 9.99. The van der Waals surface area contributed by atoms with Crippen molar-refractivity contribution in [3.05, 3.63) is 72.2 Å². The molecule has 0 aliphatic heterocycles. The predicted molar refractivity (Wildman–Crippen MR) is 121 cm³/mol. The van der Waals surface area contributed by atoms with Crippen LogP contribution in [0, 0.1) is 0 Å². The predicted octanol–water partition coefficient (Wildman–Crippen LogP) is 4.56. The van der Waals surface area contributed by atoms with Gasteiger partial charge in [-0.05, 0) is 54.1 Å². The molecule has 7 nitrogen and oxygen atoms in total. The van der Waals surface area contributed by atoms with Crippen LogP contribution in [-0.2, 0) is 0 Å². The van der Waals surface area contributed by atoms with E-state index < -0.39 is 0 Å². The number of fused-ring (bicyclic) bond motifs is 1. The molecular weight excluding hydrogens is 408 g/mol. The van der Waals surface area contributed by atoms with E-state index in [2.05, 4.69) is 9.97 Å². The van der Waals surface area contributed by atoms with Crippen molar-refractivity contribution in [2.24, 2.45) is 0 Å². The molecule has 0 spiro atoms. The van der Waals surface area contributed by atoms with Crippen LogP contribution >= 0.6 is 0 Å². The summed E-state index contributed by atoms with van der Waals surface area (Å²) in [6, 6.07) is 14.3. The minimum absolute atomic E-state index is 0.257. The Labute approximate surface area is 185 Å². The van der Waals surface area contributed by atoms with Gasteiger partial charge in [-0.2, -0.15) is 0 Å². The number of methoxy groups -OCH3 is 4. The summed E-state index contributed by atoms with van der Waals surface area (Å²) in [6.45, 7) is 0. The van der Waals surface area contributed by atoms with Crippen molar-refractivity contribution in [3.8, 4) is 34.1 Å². The Balaban J connectivity index is 1.82. The van der Waals surface area contributed by atoms with E-state index in [1.807, 2.05) is 30.3 Å². The normalized spacial score (nSPS) is 10.6. The SMILES string of the molecule is COc1cc(C(=O)c2ccc3c(-c4ccncc4)c(OC)ccc3n2)cc(OC)c1OC. The molecule has 4 aromatic rings. The molecule has 2 aromatic heterocycles. The van der Waals surface area contributed by atoms with Crippen LogP contribution in [0.1, 0.15) is 16.1 Å². The monoisotopic (exact) mass is 430 g/mol. The van der Waals surface area contributed by atoms with Crippen LogP contribution in [0.15, 0.2) is 60.9 Å². The fraction of sp³-hybridized carbons (Fsp3) is 0.160. The Hall–Kier alpha value is -4.13. The Morgan fingerprint density at radius 1 is 0.750 bits per heavy atom. The molecule has 0 atom stereocenters. The van der Waals surface area contributed by atoms with Gasteiger partial charge < -0.3 is 18.9 Å². The van der Waals surface area contributed by atoms with Crippen molar-refractivity contribution in [3.63, 3.8) is 0 Å². The van der Waals surface area contributed by atoms with Crippen molar-refractivity contribution < 1.29 is 23.7 Å². The van der Waals surface area contributed by atoms with E-state index in [0.717, 1.165) is 16.5 Å². The van der Waals surface area contributed by atoms with Crippen LogP contribution in [0.25, 0.3) is 22.0 Å². The van der Waals surface area contributed by atoms with E-state index >= 15 is 0 Å². The summed E-state index contributed by atoms with van der Waals surface area (Å²) in [5, 5.41) is 0.872. The van der Waals surface area contributed by atoms with E-state index in [9.17, 15) is 4.79 Å². The minimum atomic E-state index is -0.257. The number of carbonyl (C=O) groups is 1. The Morgan fingerprint density at radius 3 is 2.00 bits per heavy atom. The molecule has 162 valence electrons. The van der Waals surface area contributed by atoms with Gasteiger partial charge in [0, 0.05) is 28.9 Å². The second-order valence-electron chi connectivity index (χ2n) is 6.89. The zero-order valence-electron chi connectivity index (χ0n) is 18.2. The van der Waals surface area contributed by atoms with Crippen molar-refractivity contribution in [2.45, 2.75) is 0 Å². The van der Waals surface area contributed by atoms with Crippen LogP contribution in [0.2, 0.25) is 0 Å². The third-order valence-corrected chi connectivity index (χ3v) is 5.18. The number of hydrogen-bond acceptors (Lipinski definition) is 7. The fourth-order valence-corrected chi connectivity index (χ4v) is 3.66. The molecule has 4 rings (SSSR count). The summed E-state index contributed by atoms with van der Waals surface area (Å²) >= 11 is 0. The van der Waals surface area contributed by atoms with Crippen LogP contribution in [0.4, 0.5) is 0 Å². The van der Waals surface area contributed by atoms with Gasteiger partial charge in [-0.1, -0.05) is 0 Å². The lowest BCUT2D eigenvalue weighted by Gasteiger charge is -2.14. The number of ether oxygens (including phenoxy) is 4. The molecule has 0 fully saturated rings. The zero-order chi connectivity index (χ0) is 22.7. The number of carbonyl (C=O) groups excluding carboxylic acids is 1. The maximum atomic E-state index is 13.3. The molecule has 0 aliphatic rings. The van der Waals surface area contributed by atoms with E-state index in [1.165, 1.54) is 21.3 Å². The lowest BCUT2D eigenvalue weighted by Crippen LogP contribution is -2.06. The first-order chi connectivity index (χ1) is 15.6. The van der Waals surface area contributed by atoms with Crippen molar-refractivity contribution in [2.75, 3.05) is 28.4 Å². The average molecular weight is 430 g/mol. The first kappa shape index (κ1) is 21.1. The first-order valence-electron chi connectivity index (χ1n) is 9.84. The largest absolute Gasteiger partial charge is 0.496 e.